The predicted molar refractivity (Wildman–Crippen MR) is 111 cm³/mol. The highest BCUT2D eigenvalue weighted by atomic mass is 35.5. The number of aliphatic hydroxyl groups excluding tert-OH is 4. The van der Waals surface area contributed by atoms with Gasteiger partial charge in [-0.25, -0.2) is 0 Å². The second kappa shape index (κ2) is 9.62. The van der Waals surface area contributed by atoms with Crippen molar-refractivity contribution in [2.75, 3.05) is 20.3 Å². The highest BCUT2D eigenvalue weighted by Gasteiger charge is 2.57. The van der Waals surface area contributed by atoms with Crippen molar-refractivity contribution in [1.29, 1.82) is 0 Å². The van der Waals surface area contributed by atoms with Crippen molar-refractivity contribution in [2.45, 2.75) is 43.5 Å². The first-order chi connectivity index (χ1) is 14.4. The number of halogens is 1. The summed E-state index contributed by atoms with van der Waals surface area (Å²) in [5, 5.41) is 40.7. The summed E-state index contributed by atoms with van der Waals surface area (Å²) in [5.41, 5.74) is 2.21. The maximum atomic E-state index is 10.7. The Morgan fingerprint density at radius 3 is 2.47 bits per heavy atom. The van der Waals surface area contributed by atoms with E-state index in [-0.39, 0.29) is 0 Å². The molecule has 3 rings (SSSR count). The third kappa shape index (κ3) is 4.33. The lowest BCUT2D eigenvalue weighted by atomic mass is 9.94. The minimum absolute atomic E-state index is 0.439. The Bertz CT molecular complexity index is 844. The quantitative estimate of drug-likeness (QED) is 0.495. The van der Waals surface area contributed by atoms with Crippen LogP contribution in [0.1, 0.15) is 23.6 Å². The van der Waals surface area contributed by atoms with E-state index in [0.717, 1.165) is 16.9 Å². The van der Waals surface area contributed by atoms with Gasteiger partial charge in [-0.1, -0.05) is 29.8 Å². The molecule has 1 aliphatic heterocycles. The lowest BCUT2D eigenvalue weighted by Gasteiger charge is -2.31. The Hall–Kier alpha value is -1.71. The molecule has 0 bridgehead atoms. The van der Waals surface area contributed by atoms with Crippen LogP contribution in [0.2, 0.25) is 5.02 Å². The Balaban J connectivity index is 1.91. The summed E-state index contributed by atoms with van der Waals surface area (Å²) in [6, 6.07) is 12.7. The number of hydrogen-bond acceptors (Lipinski definition) is 7. The summed E-state index contributed by atoms with van der Waals surface area (Å²) in [4.78, 5) is 0. The van der Waals surface area contributed by atoms with Gasteiger partial charge >= 0.3 is 0 Å². The van der Waals surface area contributed by atoms with E-state index in [0.29, 0.717) is 23.6 Å². The monoisotopic (exact) mass is 438 g/mol. The van der Waals surface area contributed by atoms with Gasteiger partial charge in [0.2, 0.25) is 5.79 Å². The van der Waals surface area contributed by atoms with Crippen LogP contribution in [0.25, 0.3) is 0 Å². The van der Waals surface area contributed by atoms with Crippen LogP contribution in [-0.4, -0.2) is 65.2 Å². The van der Waals surface area contributed by atoms with Crippen LogP contribution in [0.5, 0.6) is 5.75 Å². The zero-order valence-corrected chi connectivity index (χ0v) is 17.6. The average Bonchev–Trinajstić information content (AvgIpc) is 3.02. The molecule has 7 nitrogen and oxygen atoms in total. The maximum Gasteiger partial charge on any atom is 0.224 e. The number of hydrogen-bond donors (Lipinski definition) is 4. The van der Waals surface area contributed by atoms with Gasteiger partial charge < -0.3 is 34.6 Å². The first-order valence-corrected chi connectivity index (χ1v) is 10.1. The molecule has 4 N–H and O–H groups in total. The first kappa shape index (κ1) is 23.0. The lowest BCUT2D eigenvalue weighted by Crippen LogP contribution is -2.43. The SMILES string of the molecule is CCOc1ccc(Cc2cc([C@]3(OC)O[C@H]([C@@H](O)CO)[C@H](O)[C@H]3O)ccc2Cl)cc1. The summed E-state index contributed by atoms with van der Waals surface area (Å²) >= 11 is 6.40. The molecular formula is C22H27ClO7. The van der Waals surface area contributed by atoms with Crippen LogP contribution in [-0.2, 0) is 21.7 Å². The van der Waals surface area contributed by atoms with Gasteiger partial charge in [0.05, 0.1) is 13.2 Å². The van der Waals surface area contributed by atoms with Gasteiger partial charge in [-0.15, -0.1) is 0 Å². The van der Waals surface area contributed by atoms with Crippen LogP contribution in [0.4, 0.5) is 0 Å². The molecule has 8 heteroatoms. The van der Waals surface area contributed by atoms with Gasteiger partial charge in [0.1, 0.15) is 30.2 Å². The van der Waals surface area contributed by atoms with E-state index in [4.69, 9.17) is 25.8 Å². The fourth-order valence-corrected chi connectivity index (χ4v) is 3.88. The number of methoxy groups -OCH3 is 1. The molecule has 0 saturated carbocycles. The molecule has 1 saturated heterocycles. The minimum Gasteiger partial charge on any atom is -0.494 e. The zero-order valence-electron chi connectivity index (χ0n) is 16.9. The fourth-order valence-electron chi connectivity index (χ4n) is 3.70. The van der Waals surface area contributed by atoms with Crippen molar-refractivity contribution < 1.29 is 34.6 Å². The van der Waals surface area contributed by atoms with Crippen molar-refractivity contribution in [1.82, 2.24) is 0 Å². The summed E-state index contributed by atoms with van der Waals surface area (Å²) in [5.74, 6) is -0.928. The van der Waals surface area contributed by atoms with Crippen LogP contribution >= 0.6 is 11.6 Å². The number of rotatable bonds is 8. The number of ether oxygens (including phenoxy) is 3. The number of benzene rings is 2. The molecule has 0 aliphatic carbocycles. The van der Waals surface area contributed by atoms with E-state index in [2.05, 4.69) is 0 Å². The fraction of sp³-hybridized carbons (Fsp3) is 0.455. The third-order valence-electron chi connectivity index (χ3n) is 5.31. The molecule has 2 aromatic carbocycles. The molecule has 1 fully saturated rings. The Morgan fingerprint density at radius 1 is 1.17 bits per heavy atom. The topological polar surface area (TPSA) is 109 Å². The van der Waals surface area contributed by atoms with Crippen LogP contribution < -0.4 is 4.74 Å². The van der Waals surface area contributed by atoms with E-state index in [1.807, 2.05) is 31.2 Å². The smallest absolute Gasteiger partial charge is 0.224 e. The number of aliphatic hydroxyl groups is 4. The average molecular weight is 439 g/mol. The lowest BCUT2D eigenvalue weighted by molar-refractivity contribution is -0.263. The molecule has 0 aromatic heterocycles. The zero-order chi connectivity index (χ0) is 21.9. The van der Waals surface area contributed by atoms with Crippen molar-refractivity contribution in [3.8, 4) is 5.75 Å². The summed E-state index contributed by atoms with van der Waals surface area (Å²) in [6.07, 6.45) is -5.00. The summed E-state index contributed by atoms with van der Waals surface area (Å²) in [6.45, 7) is 1.88. The normalized spacial score (nSPS) is 27.2. The van der Waals surface area contributed by atoms with Crippen molar-refractivity contribution in [3.05, 3.63) is 64.2 Å². The van der Waals surface area contributed by atoms with Gasteiger partial charge in [0.25, 0.3) is 0 Å². The molecule has 0 spiro atoms. The highest BCUT2D eigenvalue weighted by Crippen LogP contribution is 2.42. The molecule has 2 aromatic rings. The minimum atomic E-state index is -1.71. The second-order valence-corrected chi connectivity index (χ2v) is 7.61. The molecule has 0 radical (unpaired) electrons. The molecule has 0 unspecified atom stereocenters. The van der Waals surface area contributed by atoms with Crippen LogP contribution in [0.3, 0.4) is 0 Å². The Morgan fingerprint density at radius 2 is 1.87 bits per heavy atom. The largest absolute Gasteiger partial charge is 0.494 e. The Kier molecular flexibility index (Phi) is 7.36. The van der Waals surface area contributed by atoms with Gasteiger partial charge in [-0.3, -0.25) is 0 Å². The van der Waals surface area contributed by atoms with Gasteiger partial charge in [0, 0.05) is 17.7 Å². The van der Waals surface area contributed by atoms with Gasteiger partial charge in [0.15, 0.2) is 0 Å². The molecule has 5 atom stereocenters. The van der Waals surface area contributed by atoms with Crippen LogP contribution in [0.15, 0.2) is 42.5 Å². The summed E-state index contributed by atoms with van der Waals surface area (Å²) < 4.78 is 16.7. The Labute approximate surface area is 180 Å². The predicted octanol–water partition coefficient (Wildman–Crippen LogP) is 1.60. The maximum absolute atomic E-state index is 10.7. The van der Waals surface area contributed by atoms with Crippen LogP contribution in [0, 0.1) is 0 Å². The standard InChI is InChI=1S/C22H27ClO7/c1-3-29-16-7-4-13(5-8-16)10-14-11-15(6-9-17(14)23)22(28-2)21(27)19(26)20(30-22)18(25)12-24/h4-9,11,18-21,24-27H,3,10,12H2,1-2H3/t18-,19-,20+,21+,22-/m0/s1. The van der Waals surface area contributed by atoms with Gasteiger partial charge in [-0.05, 0) is 48.7 Å². The first-order valence-electron chi connectivity index (χ1n) is 9.75. The van der Waals surface area contributed by atoms with Crippen molar-refractivity contribution in [3.63, 3.8) is 0 Å². The molecule has 1 heterocycles. The molecule has 164 valence electrons. The van der Waals surface area contributed by atoms with E-state index < -0.39 is 36.8 Å². The highest BCUT2D eigenvalue weighted by molar-refractivity contribution is 6.31. The molecule has 0 amide bonds. The van der Waals surface area contributed by atoms with E-state index >= 15 is 0 Å². The summed E-state index contributed by atoms with van der Waals surface area (Å²) in [7, 11) is 1.34. The van der Waals surface area contributed by atoms with E-state index in [9.17, 15) is 20.4 Å². The second-order valence-electron chi connectivity index (χ2n) is 7.20. The van der Waals surface area contributed by atoms with Crippen molar-refractivity contribution >= 4 is 11.6 Å². The van der Waals surface area contributed by atoms with Gasteiger partial charge in [-0.2, -0.15) is 0 Å². The molecular weight excluding hydrogens is 412 g/mol. The van der Waals surface area contributed by atoms with E-state index in [1.54, 1.807) is 18.2 Å². The molecule has 30 heavy (non-hydrogen) atoms. The van der Waals surface area contributed by atoms with Crippen molar-refractivity contribution in [2.24, 2.45) is 0 Å². The molecule has 1 aliphatic rings. The van der Waals surface area contributed by atoms with E-state index in [1.165, 1.54) is 7.11 Å². The third-order valence-corrected chi connectivity index (χ3v) is 5.68.